The van der Waals surface area contributed by atoms with Gasteiger partial charge in [-0.2, -0.15) is 4.98 Å². The number of benzene rings is 2. The number of hydrogen-bond acceptors (Lipinski definition) is 8. The lowest BCUT2D eigenvalue weighted by Gasteiger charge is -2.29. The molecular weight excluding hydrogens is 576 g/mol. The summed E-state index contributed by atoms with van der Waals surface area (Å²) in [5.74, 6) is 2.15. The molecule has 3 heterocycles. The maximum absolute atomic E-state index is 14.0. The van der Waals surface area contributed by atoms with Crippen molar-refractivity contribution in [2.45, 2.75) is 71.0 Å². The van der Waals surface area contributed by atoms with Gasteiger partial charge in [-0.1, -0.05) is 43.3 Å². The minimum Gasteiger partial charge on any atom is -0.493 e. The van der Waals surface area contributed by atoms with Gasteiger partial charge in [0.2, 0.25) is 11.1 Å². The zero-order chi connectivity index (χ0) is 31.2. The molecule has 3 aromatic rings. The number of aromatic nitrogens is 3. The molecule has 1 unspecified atom stereocenters. The van der Waals surface area contributed by atoms with Gasteiger partial charge < -0.3 is 25.0 Å². The number of unbranched alkanes of at least 4 members (excludes halogenated alkanes) is 1. The molecule has 5 rings (SSSR count). The molecule has 11 heteroatoms. The van der Waals surface area contributed by atoms with E-state index in [9.17, 15) is 9.59 Å². The highest BCUT2D eigenvalue weighted by atomic mass is 32.2. The Balaban J connectivity index is 1.47. The largest absolute Gasteiger partial charge is 0.493 e. The lowest BCUT2D eigenvalue weighted by Crippen LogP contribution is -2.38. The Morgan fingerprint density at radius 3 is 2.64 bits per heavy atom. The number of thioether (sulfide) groups is 1. The van der Waals surface area contributed by atoms with Crippen LogP contribution in [0.15, 0.2) is 52.8 Å². The molecule has 1 aromatic heterocycles. The van der Waals surface area contributed by atoms with Crippen LogP contribution in [0.4, 0.5) is 11.6 Å². The summed E-state index contributed by atoms with van der Waals surface area (Å²) in [5, 5.41) is 11.9. The number of amides is 2. The molecule has 2 aromatic carbocycles. The summed E-state index contributed by atoms with van der Waals surface area (Å²) in [7, 11) is 1.57. The highest BCUT2D eigenvalue weighted by Crippen LogP contribution is 2.40. The van der Waals surface area contributed by atoms with Crippen molar-refractivity contribution in [1.82, 2.24) is 19.7 Å². The lowest BCUT2D eigenvalue weighted by atomic mass is 9.94. The Hall–Kier alpha value is -3.99. The van der Waals surface area contributed by atoms with E-state index in [1.54, 1.807) is 29.6 Å². The molecule has 2 N–H and O–H groups in total. The van der Waals surface area contributed by atoms with Gasteiger partial charge in [-0.3, -0.25) is 9.59 Å². The maximum Gasteiger partial charge on any atom is 0.260 e. The first-order valence-corrected chi connectivity index (χ1v) is 16.3. The average Bonchev–Trinajstić information content (AvgIpc) is 3.44. The van der Waals surface area contributed by atoms with Crippen molar-refractivity contribution in [3.05, 3.63) is 64.4 Å². The normalized spacial score (nSPS) is 16.3. The molecule has 2 aliphatic rings. The third-order valence-corrected chi connectivity index (χ3v) is 9.15. The van der Waals surface area contributed by atoms with Crippen LogP contribution in [0.1, 0.15) is 68.7 Å². The minimum atomic E-state index is -0.581. The van der Waals surface area contributed by atoms with Gasteiger partial charge in [0, 0.05) is 30.2 Å². The number of carbonyl (C=O) groups excluding carboxylic acids is 2. The van der Waals surface area contributed by atoms with Gasteiger partial charge in [0.15, 0.2) is 18.1 Å². The van der Waals surface area contributed by atoms with E-state index >= 15 is 0 Å². The fraction of sp³-hybridized carbons (Fsp3) is 0.455. The molecule has 44 heavy (non-hydrogen) atoms. The first-order chi connectivity index (χ1) is 21.3. The van der Waals surface area contributed by atoms with E-state index in [1.165, 1.54) is 0 Å². The van der Waals surface area contributed by atoms with E-state index in [4.69, 9.17) is 19.6 Å². The fourth-order valence-corrected chi connectivity index (χ4v) is 6.44. The summed E-state index contributed by atoms with van der Waals surface area (Å²) in [4.78, 5) is 33.4. The van der Waals surface area contributed by atoms with E-state index in [2.05, 4.69) is 17.6 Å². The second-order valence-electron chi connectivity index (χ2n) is 11.3. The third-order valence-electron chi connectivity index (χ3n) is 8.22. The van der Waals surface area contributed by atoms with Gasteiger partial charge in [-0.25, -0.2) is 4.68 Å². The number of rotatable bonds is 11. The summed E-state index contributed by atoms with van der Waals surface area (Å²) in [6.07, 6.45) is 5.35. The Morgan fingerprint density at radius 2 is 1.89 bits per heavy atom. The van der Waals surface area contributed by atoms with Crippen molar-refractivity contribution in [1.29, 1.82) is 0 Å². The molecule has 1 fully saturated rings. The monoisotopic (exact) mass is 618 g/mol. The molecule has 0 radical (unpaired) electrons. The van der Waals surface area contributed by atoms with Crippen molar-refractivity contribution < 1.29 is 19.1 Å². The molecule has 0 spiro atoms. The number of nitrogens with zero attached hydrogens (tertiary/aromatic N) is 4. The molecule has 234 valence electrons. The quantitative estimate of drug-likeness (QED) is 0.196. The number of carbonyl (C=O) groups is 2. The number of allylic oxidation sites excluding steroid dienone is 1. The average molecular weight is 619 g/mol. The van der Waals surface area contributed by atoms with Gasteiger partial charge >= 0.3 is 0 Å². The second-order valence-corrected chi connectivity index (χ2v) is 12.3. The van der Waals surface area contributed by atoms with E-state index in [1.807, 2.05) is 56.0 Å². The van der Waals surface area contributed by atoms with Crippen LogP contribution in [-0.2, 0) is 9.59 Å². The van der Waals surface area contributed by atoms with Crippen molar-refractivity contribution in [2.24, 2.45) is 0 Å². The Labute approximate surface area is 263 Å². The lowest BCUT2D eigenvalue weighted by molar-refractivity contribution is -0.134. The molecule has 1 saturated heterocycles. The zero-order valence-electron chi connectivity index (χ0n) is 26.2. The molecule has 0 aliphatic carbocycles. The number of fused-ring (bicyclic) bond motifs is 1. The highest BCUT2D eigenvalue weighted by Gasteiger charge is 2.35. The maximum atomic E-state index is 14.0. The summed E-state index contributed by atoms with van der Waals surface area (Å²) >= 11 is 1.60. The molecule has 2 aliphatic heterocycles. The second kappa shape index (κ2) is 14.2. The van der Waals surface area contributed by atoms with Crippen molar-refractivity contribution in [2.75, 3.05) is 43.2 Å². The van der Waals surface area contributed by atoms with Crippen LogP contribution in [0, 0.1) is 13.8 Å². The van der Waals surface area contributed by atoms with E-state index in [0.717, 1.165) is 73.3 Å². The van der Waals surface area contributed by atoms with Crippen LogP contribution in [0.25, 0.3) is 0 Å². The third kappa shape index (κ3) is 6.88. The number of ether oxygens (including phenoxy) is 2. The van der Waals surface area contributed by atoms with E-state index < -0.39 is 6.04 Å². The SMILES string of the molecule is CCCCSc1nc2n(n1)C(c1ccc(OCC(=O)N3CCCCC3)c(OC)c1)C(C(=O)Nc1cccc(C)c1C)=C(C)N2. The van der Waals surface area contributed by atoms with Gasteiger partial charge in [0.25, 0.3) is 11.8 Å². The van der Waals surface area contributed by atoms with Crippen LogP contribution in [-0.4, -0.2) is 64.0 Å². The smallest absolute Gasteiger partial charge is 0.260 e. The molecular formula is C33H42N6O4S. The summed E-state index contributed by atoms with van der Waals surface area (Å²) in [6.45, 7) is 9.54. The van der Waals surface area contributed by atoms with E-state index in [-0.39, 0.29) is 18.4 Å². The standard InChI is InChI=1S/C33H42N6O4S/c1-6-7-18-44-33-36-32-34-23(4)29(31(41)35-25-13-11-12-21(2)22(25)3)30(39(32)37-33)24-14-15-26(27(19-24)42-5)43-20-28(40)38-16-9-8-10-17-38/h11-15,19,30H,6-10,16-18,20H2,1-5H3,(H,35,41)(H,34,36,37). The molecule has 0 bridgehead atoms. The number of aryl methyl sites for hydroxylation is 1. The highest BCUT2D eigenvalue weighted by molar-refractivity contribution is 7.99. The zero-order valence-corrected chi connectivity index (χ0v) is 27.1. The van der Waals surface area contributed by atoms with Crippen LogP contribution in [0.3, 0.4) is 0 Å². The summed E-state index contributed by atoms with van der Waals surface area (Å²) in [5.41, 5.74) is 4.85. The van der Waals surface area contributed by atoms with Gasteiger partial charge in [-0.15, -0.1) is 5.10 Å². The Morgan fingerprint density at radius 1 is 1.09 bits per heavy atom. The number of likely N-dealkylation sites (tertiary alicyclic amines) is 1. The molecule has 10 nitrogen and oxygen atoms in total. The van der Waals surface area contributed by atoms with Crippen LogP contribution >= 0.6 is 11.8 Å². The molecule has 1 atom stereocenters. The van der Waals surface area contributed by atoms with E-state index in [0.29, 0.717) is 33.9 Å². The summed E-state index contributed by atoms with van der Waals surface area (Å²) in [6, 6.07) is 10.8. The summed E-state index contributed by atoms with van der Waals surface area (Å²) < 4.78 is 13.5. The Bertz CT molecular complexity index is 1540. The van der Waals surface area contributed by atoms with Gasteiger partial charge in [-0.05, 0) is 81.3 Å². The van der Waals surface area contributed by atoms with Gasteiger partial charge in [0.05, 0.1) is 12.7 Å². The fourth-order valence-electron chi connectivity index (χ4n) is 5.53. The van der Waals surface area contributed by atoms with Crippen LogP contribution in [0.5, 0.6) is 11.5 Å². The number of methoxy groups -OCH3 is 1. The first-order valence-electron chi connectivity index (χ1n) is 15.3. The van der Waals surface area contributed by atoms with Crippen LogP contribution < -0.4 is 20.1 Å². The molecule has 0 saturated carbocycles. The minimum absolute atomic E-state index is 0.0292. The van der Waals surface area contributed by atoms with Crippen molar-refractivity contribution in [3.63, 3.8) is 0 Å². The predicted molar refractivity (Wildman–Crippen MR) is 174 cm³/mol. The molecule has 2 amide bonds. The number of anilines is 2. The van der Waals surface area contributed by atoms with Crippen molar-refractivity contribution in [3.8, 4) is 11.5 Å². The Kier molecular flexibility index (Phi) is 10.1. The predicted octanol–water partition coefficient (Wildman–Crippen LogP) is 6.11. The van der Waals surface area contributed by atoms with Crippen molar-refractivity contribution >= 4 is 35.2 Å². The first kappa shape index (κ1) is 31.4. The number of hydrogen-bond donors (Lipinski definition) is 2. The number of piperidine rings is 1. The van der Waals surface area contributed by atoms with Gasteiger partial charge in [0.1, 0.15) is 6.04 Å². The van der Waals surface area contributed by atoms with Crippen LogP contribution in [0.2, 0.25) is 0 Å². The number of nitrogens with one attached hydrogen (secondary N) is 2. The topological polar surface area (TPSA) is 111 Å².